The van der Waals surface area contributed by atoms with Crippen molar-refractivity contribution >= 4 is 0 Å². The molecule has 1 aliphatic carbocycles. The molecule has 0 aromatic heterocycles. The molecule has 0 amide bonds. The van der Waals surface area contributed by atoms with Gasteiger partial charge in [-0.2, -0.15) is 0 Å². The van der Waals surface area contributed by atoms with Crippen molar-refractivity contribution in [2.45, 2.75) is 25.4 Å². The highest BCUT2D eigenvalue weighted by Gasteiger charge is 2.19. The molecule has 1 heteroatoms. The van der Waals surface area contributed by atoms with Gasteiger partial charge in [-0.15, -0.1) is 0 Å². The van der Waals surface area contributed by atoms with E-state index in [1.807, 2.05) is 0 Å². The Morgan fingerprint density at radius 3 is 3.08 bits per heavy atom. The van der Waals surface area contributed by atoms with Gasteiger partial charge in [-0.3, -0.25) is 0 Å². The summed E-state index contributed by atoms with van der Waals surface area (Å²) in [7, 11) is 0. The Labute approximate surface area is 79.7 Å². The highest BCUT2D eigenvalue weighted by Crippen LogP contribution is 2.31. The van der Waals surface area contributed by atoms with Gasteiger partial charge in [0.15, 0.2) is 0 Å². The van der Waals surface area contributed by atoms with E-state index in [0.717, 1.165) is 6.42 Å². The Hall–Kier alpha value is -0.820. The van der Waals surface area contributed by atoms with Crippen LogP contribution in [0.5, 0.6) is 0 Å². The van der Waals surface area contributed by atoms with Crippen molar-refractivity contribution in [1.82, 2.24) is 0 Å². The summed E-state index contributed by atoms with van der Waals surface area (Å²) in [5.41, 5.74) is 2.82. The Morgan fingerprint density at radius 1 is 1.38 bits per heavy atom. The molecule has 2 rings (SSSR count). The zero-order valence-electron chi connectivity index (χ0n) is 7.83. The van der Waals surface area contributed by atoms with E-state index in [0.29, 0.717) is 12.7 Å². The second-order valence-electron chi connectivity index (χ2n) is 3.45. The first-order valence-electron chi connectivity index (χ1n) is 4.90. The van der Waals surface area contributed by atoms with Crippen LogP contribution in [0.2, 0.25) is 0 Å². The molecule has 1 aromatic carbocycles. The number of hydrogen-bond acceptors (Lipinski definition) is 1. The van der Waals surface area contributed by atoms with Crippen LogP contribution in [0.25, 0.3) is 0 Å². The van der Waals surface area contributed by atoms with Crippen molar-refractivity contribution in [3.63, 3.8) is 0 Å². The molecule has 0 fully saturated rings. The van der Waals surface area contributed by atoms with E-state index in [4.69, 9.17) is 4.74 Å². The maximum atomic E-state index is 5.60. The highest BCUT2D eigenvalue weighted by atomic mass is 16.5. The van der Waals surface area contributed by atoms with Gasteiger partial charge in [0.25, 0.3) is 0 Å². The first-order valence-corrected chi connectivity index (χ1v) is 4.90. The summed E-state index contributed by atoms with van der Waals surface area (Å²) in [5, 5.41) is 0. The number of aryl methyl sites for hydroxylation is 1. The molecule has 1 radical (unpaired) electrons. The minimum atomic E-state index is 0.294. The predicted molar refractivity (Wildman–Crippen MR) is 53.4 cm³/mol. The molecule has 1 unspecified atom stereocenters. The lowest BCUT2D eigenvalue weighted by Gasteiger charge is -2.24. The van der Waals surface area contributed by atoms with E-state index in [1.54, 1.807) is 0 Å². The van der Waals surface area contributed by atoms with Crippen molar-refractivity contribution in [2.24, 2.45) is 0 Å². The summed E-state index contributed by atoms with van der Waals surface area (Å²) in [5.74, 6) is 0. The van der Waals surface area contributed by atoms with Gasteiger partial charge >= 0.3 is 0 Å². The van der Waals surface area contributed by atoms with E-state index >= 15 is 0 Å². The van der Waals surface area contributed by atoms with Gasteiger partial charge in [0.1, 0.15) is 0 Å². The van der Waals surface area contributed by atoms with Gasteiger partial charge in [0, 0.05) is 6.61 Å². The van der Waals surface area contributed by atoms with Crippen LogP contribution in [-0.2, 0) is 11.2 Å². The second kappa shape index (κ2) is 3.93. The van der Waals surface area contributed by atoms with Gasteiger partial charge in [0.05, 0.1) is 6.10 Å². The second-order valence-corrected chi connectivity index (χ2v) is 3.45. The summed E-state index contributed by atoms with van der Waals surface area (Å²) < 4.78 is 5.60. The third-order valence-corrected chi connectivity index (χ3v) is 2.63. The van der Waals surface area contributed by atoms with Gasteiger partial charge in [-0.1, -0.05) is 24.3 Å². The maximum absolute atomic E-state index is 5.60. The molecule has 0 bridgehead atoms. The predicted octanol–water partition coefficient (Wildman–Crippen LogP) is 2.91. The lowest BCUT2D eigenvalue weighted by atomic mass is 9.89. The molecule has 0 spiro atoms. The Bertz CT molecular complexity index is 280. The van der Waals surface area contributed by atoms with Crippen molar-refractivity contribution in [2.75, 3.05) is 6.61 Å². The van der Waals surface area contributed by atoms with E-state index in [2.05, 4.69) is 31.2 Å². The fourth-order valence-electron chi connectivity index (χ4n) is 2.02. The molecule has 1 aliphatic rings. The smallest absolute Gasteiger partial charge is 0.0827 e. The van der Waals surface area contributed by atoms with Crippen LogP contribution in [0.15, 0.2) is 24.3 Å². The van der Waals surface area contributed by atoms with Crippen LogP contribution in [0.4, 0.5) is 0 Å². The molecule has 0 saturated carbocycles. The zero-order valence-corrected chi connectivity index (χ0v) is 7.83. The monoisotopic (exact) mass is 175 g/mol. The minimum absolute atomic E-state index is 0.294. The van der Waals surface area contributed by atoms with E-state index in [-0.39, 0.29) is 0 Å². The third-order valence-electron chi connectivity index (χ3n) is 2.63. The van der Waals surface area contributed by atoms with Crippen LogP contribution in [-0.4, -0.2) is 6.61 Å². The van der Waals surface area contributed by atoms with E-state index in [1.165, 1.54) is 24.0 Å². The molecule has 1 nitrogen and oxygen atoms in total. The number of rotatable bonds is 2. The number of hydrogen-bond donors (Lipinski definition) is 0. The summed E-state index contributed by atoms with van der Waals surface area (Å²) in [6, 6.07) is 8.57. The molecule has 1 atom stereocenters. The Balaban J connectivity index is 2.26. The van der Waals surface area contributed by atoms with Crippen LogP contribution in [0.3, 0.4) is 0 Å². The molecule has 1 aromatic rings. The first kappa shape index (κ1) is 8.76. The van der Waals surface area contributed by atoms with E-state index < -0.39 is 0 Å². The lowest BCUT2D eigenvalue weighted by Crippen LogP contribution is -2.12. The van der Waals surface area contributed by atoms with Gasteiger partial charge < -0.3 is 4.74 Å². The van der Waals surface area contributed by atoms with Gasteiger partial charge in [0.2, 0.25) is 0 Å². The molecular weight excluding hydrogens is 160 g/mol. The van der Waals surface area contributed by atoms with Crippen LogP contribution in [0.1, 0.15) is 30.1 Å². The quantitative estimate of drug-likeness (QED) is 0.671. The molecular formula is C12H15O. The average Bonchev–Trinajstić information content (AvgIpc) is 2.19. The molecule has 69 valence electrons. The summed E-state index contributed by atoms with van der Waals surface area (Å²) >= 11 is 0. The summed E-state index contributed by atoms with van der Waals surface area (Å²) in [6.07, 6.45) is 3.88. The molecule has 13 heavy (non-hydrogen) atoms. The molecule has 0 aliphatic heterocycles. The Morgan fingerprint density at radius 2 is 2.23 bits per heavy atom. The van der Waals surface area contributed by atoms with Crippen molar-refractivity contribution in [1.29, 1.82) is 0 Å². The van der Waals surface area contributed by atoms with Gasteiger partial charge in [-0.25, -0.2) is 0 Å². The Kier molecular flexibility index (Phi) is 2.65. The fraction of sp³-hybridized carbons (Fsp3) is 0.417. The van der Waals surface area contributed by atoms with Crippen LogP contribution < -0.4 is 0 Å². The number of ether oxygens (including phenoxy) is 1. The largest absolute Gasteiger partial charge is 0.374 e. The third kappa shape index (κ3) is 1.75. The normalized spacial score (nSPS) is 21.2. The van der Waals surface area contributed by atoms with Crippen LogP contribution >= 0.6 is 0 Å². The van der Waals surface area contributed by atoms with Crippen molar-refractivity contribution in [3.05, 3.63) is 42.3 Å². The molecule has 0 saturated heterocycles. The van der Waals surface area contributed by atoms with Gasteiger partial charge in [-0.05, 0) is 37.3 Å². The SMILES string of the molecule is [CH2]COC1CCCc2ccccc21. The lowest BCUT2D eigenvalue weighted by molar-refractivity contribution is 0.0598. The standard InChI is InChI=1S/C12H15O/c1-2-13-12-9-5-7-10-6-3-4-8-11(10)12/h3-4,6,8,12H,1-2,5,7,9H2. The highest BCUT2D eigenvalue weighted by molar-refractivity contribution is 5.31. The summed E-state index contributed by atoms with van der Waals surface area (Å²) in [4.78, 5) is 0. The first-order chi connectivity index (χ1) is 6.42. The summed E-state index contributed by atoms with van der Waals surface area (Å²) in [6.45, 7) is 4.30. The van der Waals surface area contributed by atoms with E-state index in [9.17, 15) is 0 Å². The number of fused-ring (bicyclic) bond motifs is 1. The van der Waals surface area contributed by atoms with Crippen LogP contribution in [0, 0.1) is 6.92 Å². The van der Waals surface area contributed by atoms with Crippen molar-refractivity contribution < 1.29 is 4.74 Å². The topological polar surface area (TPSA) is 9.23 Å². The van der Waals surface area contributed by atoms with Crippen molar-refractivity contribution in [3.8, 4) is 0 Å². The minimum Gasteiger partial charge on any atom is -0.374 e. The molecule has 0 heterocycles. The zero-order chi connectivity index (χ0) is 9.10. The fourth-order valence-corrected chi connectivity index (χ4v) is 2.02. The molecule has 0 N–H and O–H groups in total. The maximum Gasteiger partial charge on any atom is 0.0827 e. The average molecular weight is 175 g/mol. The number of benzene rings is 1.